The quantitative estimate of drug-likeness (QED) is 0.901. The molecule has 0 amide bonds. The van der Waals surface area contributed by atoms with E-state index >= 15 is 0 Å². The summed E-state index contributed by atoms with van der Waals surface area (Å²) in [6.07, 6.45) is 3.37. The van der Waals surface area contributed by atoms with Gasteiger partial charge in [-0.3, -0.25) is 4.90 Å². The van der Waals surface area contributed by atoms with Crippen LogP contribution in [-0.2, 0) is 6.54 Å². The van der Waals surface area contributed by atoms with Gasteiger partial charge in [-0.05, 0) is 61.1 Å². The van der Waals surface area contributed by atoms with E-state index in [1.165, 1.54) is 35.1 Å². The minimum Gasteiger partial charge on any atom is -0.396 e. The third-order valence-corrected chi connectivity index (χ3v) is 4.73. The van der Waals surface area contributed by atoms with Crippen LogP contribution in [0.15, 0.2) is 48.5 Å². The highest BCUT2D eigenvalue weighted by Crippen LogP contribution is 2.26. The van der Waals surface area contributed by atoms with E-state index < -0.39 is 0 Å². The number of hydrogen-bond acceptors (Lipinski definition) is 2. The minimum absolute atomic E-state index is 0.296. The van der Waals surface area contributed by atoms with Crippen LogP contribution < -0.4 is 0 Å². The molecule has 0 saturated carbocycles. The van der Waals surface area contributed by atoms with E-state index in [2.05, 4.69) is 60.4 Å². The molecule has 1 saturated heterocycles. The maximum absolute atomic E-state index is 9.21. The minimum atomic E-state index is 0.296. The molecule has 116 valence electrons. The summed E-state index contributed by atoms with van der Waals surface area (Å²) in [7, 11) is 0. The number of hydrogen-bond donors (Lipinski definition) is 1. The van der Waals surface area contributed by atoms with Crippen molar-refractivity contribution in [1.82, 2.24) is 4.90 Å². The average Bonchev–Trinajstić information content (AvgIpc) is 2.96. The first kappa shape index (κ1) is 15.3. The van der Waals surface area contributed by atoms with Crippen LogP contribution in [0.25, 0.3) is 11.1 Å². The lowest BCUT2D eigenvalue weighted by Gasteiger charge is -2.24. The zero-order chi connectivity index (χ0) is 15.4. The van der Waals surface area contributed by atoms with Crippen molar-refractivity contribution >= 4 is 0 Å². The predicted molar refractivity (Wildman–Crippen MR) is 91.7 cm³/mol. The van der Waals surface area contributed by atoms with Crippen LogP contribution >= 0.6 is 0 Å². The number of aryl methyl sites for hydroxylation is 1. The molecule has 2 heteroatoms. The number of nitrogens with zero attached hydrogens (tertiary/aromatic N) is 1. The average molecular weight is 295 g/mol. The Morgan fingerprint density at radius 2 is 2.00 bits per heavy atom. The smallest absolute Gasteiger partial charge is 0.0445 e. The number of aliphatic hydroxyl groups excluding tert-OH is 1. The summed E-state index contributed by atoms with van der Waals surface area (Å²) in [5.74, 6) is 0. The monoisotopic (exact) mass is 295 g/mol. The second-order valence-electron chi connectivity index (χ2n) is 6.29. The van der Waals surface area contributed by atoms with E-state index in [0.29, 0.717) is 12.6 Å². The van der Waals surface area contributed by atoms with Crippen LogP contribution in [0.3, 0.4) is 0 Å². The Morgan fingerprint density at radius 1 is 1.14 bits per heavy atom. The van der Waals surface area contributed by atoms with Crippen LogP contribution in [0.1, 0.15) is 30.4 Å². The van der Waals surface area contributed by atoms with Gasteiger partial charge in [0.25, 0.3) is 0 Å². The molecular weight excluding hydrogens is 270 g/mol. The number of rotatable bonds is 5. The van der Waals surface area contributed by atoms with Crippen molar-refractivity contribution in [1.29, 1.82) is 0 Å². The molecule has 1 fully saturated rings. The Balaban J connectivity index is 1.78. The zero-order valence-corrected chi connectivity index (χ0v) is 13.3. The molecule has 1 atom stereocenters. The van der Waals surface area contributed by atoms with Gasteiger partial charge >= 0.3 is 0 Å². The molecule has 3 rings (SSSR count). The second kappa shape index (κ2) is 7.08. The van der Waals surface area contributed by atoms with Gasteiger partial charge in [0.15, 0.2) is 0 Å². The normalized spacial score (nSPS) is 18.7. The van der Waals surface area contributed by atoms with Gasteiger partial charge in [-0.25, -0.2) is 0 Å². The first-order valence-corrected chi connectivity index (χ1v) is 8.28. The highest BCUT2D eigenvalue weighted by Gasteiger charge is 2.23. The van der Waals surface area contributed by atoms with Crippen LogP contribution in [0, 0.1) is 6.92 Å². The Labute approximate surface area is 133 Å². The maximum atomic E-state index is 9.21. The molecule has 22 heavy (non-hydrogen) atoms. The molecule has 0 radical (unpaired) electrons. The van der Waals surface area contributed by atoms with E-state index in [-0.39, 0.29) is 0 Å². The SMILES string of the molecule is Cc1ccccc1-c1cccc(CN2CCC[C@H]2CCO)c1. The molecular formula is C20H25NO. The summed E-state index contributed by atoms with van der Waals surface area (Å²) >= 11 is 0. The number of aliphatic hydroxyl groups is 1. The van der Waals surface area contributed by atoms with Gasteiger partial charge in [0.2, 0.25) is 0 Å². The molecule has 2 aromatic rings. The van der Waals surface area contributed by atoms with Gasteiger partial charge in [0.05, 0.1) is 0 Å². The fourth-order valence-corrected chi connectivity index (χ4v) is 3.55. The summed E-state index contributed by atoms with van der Waals surface area (Å²) < 4.78 is 0. The molecule has 0 aromatic heterocycles. The molecule has 2 nitrogen and oxygen atoms in total. The zero-order valence-electron chi connectivity index (χ0n) is 13.3. The Bertz CT molecular complexity index is 623. The molecule has 0 spiro atoms. The second-order valence-corrected chi connectivity index (χ2v) is 6.29. The summed E-state index contributed by atoms with van der Waals surface area (Å²) in [4.78, 5) is 2.52. The highest BCUT2D eigenvalue weighted by atomic mass is 16.3. The summed E-state index contributed by atoms with van der Waals surface area (Å²) in [5, 5.41) is 9.21. The molecule has 0 unspecified atom stereocenters. The van der Waals surface area contributed by atoms with Gasteiger partial charge < -0.3 is 5.11 Å². The number of benzene rings is 2. The van der Waals surface area contributed by atoms with Crippen molar-refractivity contribution < 1.29 is 5.11 Å². The fraction of sp³-hybridized carbons (Fsp3) is 0.400. The van der Waals surface area contributed by atoms with Gasteiger partial charge in [-0.1, -0.05) is 42.5 Å². The van der Waals surface area contributed by atoms with Crippen LogP contribution in [0.5, 0.6) is 0 Å². The Morgan fingerprint density at radius 3 is 2.82 bits per heavy atom. The lowest BCUT2D eigenvalue weighted by molar-refractivity contribution is 0.190. The maximum Gasteiger partial charge on any atom is 0.0445 e. The topological polar surface area (TPSA) is 23.5 Å². The van der Waals surface area contributed by atoms with Gasteiger partial charge in [-0.2, -0.15) is 0 Å². The first-order valence-electron chi connectivity index (χ1n) is 8.28. The summed E-state index contributed by atoms with van der Waals surface area (Å²) in [6, 6.07) is 18.0. The standard InChI is InChI=1S/C20H25NO/c1-16-6-2-3-10-20(16)18-8-4-7-17(14-18)15-21-12-5-9-19(21)11-13-22/h2-4,6-8,10,14,19,22H,5,9,11-13,15H2,1H3/t19-/m0/s1. The fourth-order valence-electron chi connectivity index (χ4n) is 3.55. The molecule has 2 aromatic carbocycles. The van der Waals surface area contributed by atoms with Crippen molar-refractivity contribution in [3.05, 3.63) is 59.7 Å². The third kappa shape index (κ3) is 3.40. The van der Waals surface area contributed by atoms with Crippen molar-refractivity contribution in [3.63, 3.8) is 0 Å². The van der Waals surface area contributed by atoms with Gasteiger partial charge in [-0.15, -0.1) is 0 Å². The Hall–Kier alpha value is -1.64. The van der Waals surface area contributed by atoms with Crippen molar-refractivity contribution in [2.45, 2.75) is 38.8 Å². The van der Waals surface area contributed by atoms with E-state index in [1.807, 2.05) is 0 Å². The van der Waals surface area contributed by atoms with Crippen molar-refractivity contribution in [2.75, 3.05) is 13.2 Å². The lowest BCUT2D eigenvalue weighted by atomic mass is 9.99. The molecule has 1 aliphatic heterocycles. The molecule has 0 aliphatic carbocycles. The van der Waals surface area contributed by atoms with E-state index in [9.17, 15) is 5.11 Å². The molecule has 1 N–H and O–H groups in total. The van der Waals surface area contributed by atoms with Gasteiger partial charge in [0.1, 0.15) is 0 Å². The molecule has 1 heterocycles. The third-order valence-electron chi connectivity index (χ3n) is 4.73. The first-order chi connectivity index (χ1) is 10.8. The van der Waals surface area contributed by atoms with Crippen LogP contribution in [0.2, 0.25) is 0 Å². The van der Waals surface area contributed by atoms with Crippen LogP contribution in [0.4, 0.5) is 0 Å². The lowest BCUT2D eigenvalue weighted by Crippen LogP contribution is -2.29. The molecule has 1 aliphatic rings. The van der Waals surface area contributed by atoms with Crippen molar-refractivity contribution in [2.24, 2.45) is 0 Å². The summed E-state index contributed by atoms with van der Waals surface area (Å²) in [5.41, 5.74) is 5.30. The summed E-state index contributed by atoms with van der Waals surface area (Å²) in [6.45, 7) is 4.60. The predicted octanol–water partition coefficient (Wildman–Crippen LogP) is 4.01. The highest BCUT2D eigenvalue weighted by molar-refractivity contribution is 5.67. The van der Waals surface area contributed by atoms with Crippen LogP contribution in [-0.4, -0.2) is 29.2 Å². The molecule has 0 bridgehead atoms. The van der Waals surface area contributed by atoms with E-state index in [0.717, 1.165) is 19.5 Å². The van der Waals surface area contributed by atoms with Gasteiger partial charge in [0, 0.05) is 19.2 Å². The number of likely N-dealkylation sites (tertiary alicyclic amines) is 1. The van der Waals surface area contributed by atoms with E-state index in [4.69, 9.17) is 0 Å². The van der Waals surface area contributed by atoms with Crippen molar-refractivity contribution in [3.8, 4) is 11.1 Å². The van der Waals surface area contributed by atoms with E-state index in [1.54, 1.807) is 0 Å². The largest absolute Gasteiger partial charge is 0.396 e. The Kier molecular flexibility index (Phi) is 4.91.